The Hall–Kier alpha value is 0. The van der Waals surface area contributed by atoms with Crippen LogP contribution in [0.2, 0.25) is 0 Å². The second-order valence-corrected chi connectivity index (χ2v) is 13.0. The van der Waals surface area contributed by atoms with E-state index in [2.05, 4.69) is 20.8 Å². The summed E-state index contributed by atoms with van der Waals surface area (Å²) in [6, 6.07) is 0. The lowest BCUT2D eigenvalue weighted by molar-refractivity contribution is 0.368. The summed E-state index contributed by atoms with van der Waals surface area (Å²) in [7, 11) is 0. The molecular weight excluding hydrogens is 456 g/mol. The van der Waals surface area contributed by atoms with Gasteiger partial charge in [0.05, 0.1) is 0 Å². The summed E-state index contributed by atoms with van der Waals surface area (Å²) in [5, 5.41) is 0. The van der Waals surface area contributed by atoms with Crippen molar-refractivity contribution in [1.82, 2.24) is 0 Å². The second-order valence-electron chi connectivity index (χ2n) is 13.0. The molecule has 1 atom stereocenters. The standard InChI is InChI=1S/C38H77/c1-4-7-10-12-14-16-17-18-19-20-21-22-23-24-25-26-27-29-31-34-37-38(35-32-9-6-3)36-33-30-28-15-13-11-8-5-2/h38H,3-37H2,1-2H3. The van der Waals surface area contributed by atoms with E-state index in [0.717, 1.165) is 12.3 Å². The van der Waals surface area contributed by atoms with Crippen LogP contribution in [-0.4, -0.2) is 0 Å². The minimum absolute atomic E-state index is 1.01. The first kappa shape index (κ1) is 38.0. The molecule has 229 valence electrons. The fourth-order valence-corrected chi connectivity index (χ4v) is 6.30. The highest BCUT2D eigenvalue weighted by Gasteiger charge is 2.08. The molecule has 0 N–H and O–H groups in total. The van der Waals surface area contributed by atoms with Crippen molar-refractivity contribution >= 4 is 0 Å². The second kappa shape index (κ2) is 35.0. The van der Waals surface area contributed by atoms with E-state index in [9.17, 15) is 0 Å². The monoisotopic (exact) mass is 534 g/mol. The van der Waals surface area contributed by atoms with E-state index in [0.29, 0.717) is 0 Å². The van der Waals surface area contributed by atoms with Crippen molar-refractivity contribution in [3.63, 3.8) is 0 Å². The summed E-state index contributed by atoms with van der Waals surface area (Å²) < 4.78 is 0. The molecule has 0 heterocycles. The van der Waals surface area contributed by atoms with E-state index < -0.39 is 0 Å². The Morgan fingerprint density at radius 2 is 0.500 bits per heavy atom. The Labute approximate surface area is 244 Å². The van der Waals surface area contributed by atoms with E-state index in [1.165, 1.54) is 212 Å². The van der Waals surface area contributed by atoms with Crippen molar-refractivity contribution in [2.24, 2.45) is 5.92 Å². The van der Waals surface area contributed by atoms with Crippen molar-refractivity contribution in [2.45, 2.75) is 232 Å². The Morgan fingerprint density at radius 1 is 0.289 bits per heavy atom. The predicted molar refractivity (Wildman–Crippen MR) is 177 cm³/mol. The van der Waals surface area contributed by atoms with Crippen LogP contribution in [0.4, 0.5) is 0 Å². The van der Waals surface area contributed by atoms with Gasteiger partial charge in [-0.15, -0.1) is 0 Å². The van der Waals surface area contributed by atoms with E-state index >= 15 is 0 Å². The van der Waals surface area contributed by atoms with Gasteiger partial charge in [0, 0.05) is 0 Å². The largest absolute Gasteiger partial charge is 0.0654 e. The molecule has 0 heteroatoms. The quantitative estimate of drug-likeness (QED) is 0.0721. The van der Waals surface area contributed by atoms with Gasteiger partial charge >= 0.3 is 0 Å². The van der Waals surface area contributed by atoms with Crippen LogP contribution >= 0.6 is 0 Å². The lowest BCUT2D eigenvalue weighted by Gasteiger charge is -2.17. The van der Waals surface area contributed by atoms with Crippen LogP contribution in [0.25, 0.3) is 0 Å². The van der Waals surface area contributed by atoms with Gasteiger partial charge in [0.1, 0.15) is 0 Å². The highest BCUT2D eigenvalue weighted by Crippen LogP contribution is 2.24. The van der Waals surface area contributed by atoms with Gasteiger partial charge in [0.15, 0.2) is 0 Å². The SMILES string of the molecule is [CH2]CCCCC(CCCCCCCCCC)CCCCCCCCCCCCCCCCCCCCCC. The van der Waals surface area contributed by atoms with E-state index in [1.54, 1.807) is 0 Å². The number of unbranched alkanes of at least 4 members (excludes halogenated alkanes) is 28. The van der Waals surface area contributed by atoms with Gasteiger partial charge in [0.2, 0.25) is 0 Å². The molecule has 0 nitrogen and oxygen atoms in total. The summed E-state index contributed by atoms with van der Waals surface area (Å²) in [6.07, 6.45) is 49.6. The summed E-state index contributed by atoms with van der Waals surface area (Å²) in [4.78, 5) is 0. The van der Waals surface area contributed by atoms with Gasteiger partial charge in [0.25, 0.3) is 0 Å². The Morgan fingerprint density at radius 3 is 0.737 bits per heavy atom. The fourth-order valence-electron chi connectivity index (χ4n) is 6.30. The Kier molecular flexibility index (Phi) is 35.0. The number of rotatable bonds is 34. The molecule has 1 radical (unpaired) electrons. The first-order valence-corrected chi connectivity index (χ1v) is 18.6. The lowest BCUT2D eigenvalue weighted by Crippen LogP contribution is -2.01. The van der Waals surface area contributed by atoms with Crippen LogP contribution < -0.4 is 0 Å². The Balaban J connectivity index is 3.44. The van der Waals surface area contributed by atoms with Crippen LogP contribution in [0.5, 0.6) is 0 Å². The molecule has 0 bridgehead atoms. The molecule has 0 aromatic heterocycles. The third-order valence-corrected chi connectivity index (χ3v) is 9.04. The van der Waals surface area contributed by atoms with Crippen LogP contribution in [0.15, 0.2) is 0 Å². The third-order valence-electron chi connectivity index (χ3n) is 9.04. The molecule has 0 aliphatic carbocycles. The van der Waals surface area contributed by atoms with Gasteiger partial charge in [-0.05, 0) is 5.92 Å². The highest BCUT2D eigenvalue weighted by molar-refractivity contribution is 4.62. The molecular formula is C38H77. The molecule has 0 aromatic rings. The van der Waals surface area contributed by atoms with Crippen LogP contribution in [0.3, 0.4) is 0 Å². The molecule has 0 aliphatic heterocycles. The molecule has 0 amide bonds. The zero-order valence-electron chi connectivity index (χ0n) is 27.3. The van der Waals surface area contributed by atoms with Crippen LogP contribution in [0, 0.1) is 12.8 Å². The first-order valence-electron chi connectivity index (χ1n) is 18.6. The predicted octanol–water partition coefficient (Wildman–Crippen LogP) is 14.7. The van der Waals surface area contributed by atoms with Gasteiger partial charge in [-0.2, -0.15) is 0 Å². The van der Waals surface area contributed by atoms with E-state index in [1.807, 2.05) is 0 Å². The number of hydrogen-bond donors (Lipinski definition) is 0. The van der Waals surface area contributed by atoms with E-state index in [4.69, 9.17) is 0 Å². The maximum absolute atomic E-state index is 4.06. The van der Waals surface area contributed by atoms with Crippen molar-refractivity contribution in [2.75, 3.05) is 0 Å². The van der Waals surface area contributed by atoms with Gasteiger partial charge in [-0.25, -0.2) is 0 Å². The molecule has 1 unspecified atom stereocenters. The average Bonchev–Trinajstić information content (AvgIpc) is 2.93. The normalized spacial score (nSPS) is 12.4. The summed E-state index contributed by atoms with van der Waals surface area (Å²) in [5.74, 6) is 1.01. The van der Waals surface area contributed by atoms with Gasteiger partial charge in [-0.3, -0.25) is 0 Å². The van der Waals surface area contributed by atoms with Crippen LogP contribution in [-0.2, 0) is 0 Å². The third kappa shape index (κ3) is 32.2. The highest BCUT2D eigenvalue weighted by atomic mass is 14.1. The van der Waals surface area contributed by atoms with Crippen molar-refractivity contribution in [3.8, 4) is 0 Å². The number of hydrogen-bond acceptors (Lipinski definition) is 0. The molecule has 38 heavy (non-hydrogen) atoms. The molecule has 0 aromatic carbocycles. The molecule has 0 fully saturated rings. The van der Waals surface area contributed by atoms with Crippen molar-refractivity contribution in [3.05, 3.63) is 6.92 Å². The van der Waals surface area contributed by atoms with Gasteiger partial charge < -0.3 is 0 Å². The molecule has 0 aliphatic rings. The minimum atomic E-state index is 1.01. The first-order chi connectivity index (χ1) is 18.8. The Bertz CT molecular complexity index is 385. The van der Waals surface area contributed by atoms with Crippen molar-refractivity contribution in [1.29, 1.82) is 0 Å². The summed E-state index contributed by atoms with van der Waals surface area (Å²) >= 11 is 0. The zero-order valence-corrected chi connectivity index (χ0v) is 27.3. The zero-order chi connectivity index (χ0) is 27.6. The minimum Gasteiger partial charge on any atom is -0.0654 e. The maximum Gasteiger partial charge on any atom is -0.0414 e. The van der Waals surface area contributed by atoms with Crippen LogP contribution in [0.1, 0.15) is 232 Å². The molecule has 0 saturated heterocycles. The van der Waals surface area contributed by atoms with E-state index in [-0.39, 0.29) is 0 Å². The summed E-state index contributed by atoms with van der Waals surface area (Å²) in [5.41, 5.74) is 0. The smallest absolute Gasteiger partial charge is 0.0414 e. The van der Waals surface area contributed by atoms with Crippen molar-refractivity contribution < 1.29 is 0 Å². The topological polar surface area (TPSA) is 0 Å². The van der Waals surface area contributed by atoms with Gasteiger partial charge in [-0.1, -0.05) is 239 Å². The average molecular weight is 534 g/mol. The fraction of sp³-hybridized carbons (Fsp3) is 0.974. The maximum atomic E-state index is 4.06. The molecule has 0 rings (SSSR count). The molecule has 0 spiro atoms. The lowest BCUT2D eigenvalue weighted by atomic mass is 9.89. The summed E-state index contributed by atoms with van der Waals surface area (Å²) in [6.45, 7) is 8.68. The molecule has 0 saturated carbocycles.